The first kappa shape index (κ1) is 23.9. The van der Waals surface area contributed by atoms with Crippen molar-refractivity contribution >= 4 is 15.9 Å². The Balaban J connectivity index is 1.70. The number of sulfonamides is 1. The van der Waals surface area contributed by atoms with Gasteiger partial charge in [-0.15, -0.1) is 0 Å². The Labute approximate surface area is 188 Å². The molecule has 3 rings (SSSR count). The average molecular weight is 461 g/mol. The zero-order chi connectivity index (χ0) is 23.0. The quantitative estimate of drug-likeness (QED) is 0.519. The van der Waals surface area contributed by atoms with E-state index >= 15 is 0 Å². The van der Waals surface area contributed by atoms with Crippen molar-refractivity contribution in [2.75, 3.05) is 13.7 Å². The van der Waals surface area contributed by atoms with E-state index < -0.39 is 21.9 Å². The zero-order valence-electron chi connectivity index (χ0n) is 18.1. The minimum Gasteiger partial charge on any atom is -0.497 e. The van der Waals surface area contributed by atoms with E-state index in [0.717, 1.165) is 31.4 Å². The number of amides is 1. The molecule has 1 amide bonds. The Morgan fingerprint density at radius 2 is 1.81 bits per heavy atom. The second kappa shape index (κ2) is 11.2. The van der Waals surface area contributed by atoms with Crippen LogP contribution in [0.15, 0.2) is 65.1 Å². The Morgan fingerprint density at radius 3 is 2.44 bits per heavy atom. The van der Waals surface area contributed by atoms with Gasteiger partial charge in [0.15, 0.2) is 0 Å². The standard InChI is InChI=1S/C24H29FN2O4S/c1-31-21-11-7-19(8-12-21)23(27-32(29,30)22-13-9-20(25)10-14-22)17-24(28)26-16-15-18-5-3-2-4-6-18/h5,7-14,23,27H,2-4,6,15-17H2,1H3,(H,26,28). The summed E-state index contributed by atoms with van der Waals surface area (Å²) in [4.78, 5) is 12.6. The van der Waals surface area contributed by atoms with Gasteiger partial charge in [-0.25, -0.2) is 17.5 Å². The number of rotatable bonds is 10. The van der Waals surface area contributed by atoms with Gasteiger partial charge >= 0.3 is 0 Å². The molecule has 0 spiro atoms. The molecule has 32 heavy (non-hydrogen) atoms. The molecule has 0 aromatic heterocycles. The number of hydrogen-bond donors (Lipinski definition) is 2. The molecule has 0 aliphatic heterocycles. The van der Waals surface area contributed by atoms with Crippen LogP contribution in [0, 0.1) is 5.82 Å². The summed E-state index contributed by atoms with van der Waals surface area (Å²) >= 11 is 0. The summed E-state index contributed by atoms with van der Waals surface area (Å²) in [6.07, 6.45) is 7.55. The fourth-order valence-corrected chi connectivity index (χ4v) is 4.91. The summed E-state index contributed by atoms with van der Waals surface area (Å²) in [5.74, 6) is -0.147. The van der Waals surface area contributed by atoms with Crippen LogP contribution in [0.5, 0.6) is 5.75 Å². The highest BCUT2D eigenvalue weighted by Crippen LogP contribution is 2.24. The second-order valence-electron chi connectivity index (χ2n) is 7.81. The normalized spacial score (nSPS) is 15.0. The van der Waals surface area contributed by atoms with Crippen molar-refractivity contribution in [3.05, 3.63) is 71.6 Å². The maximum atomic E-state index is 13.2. The molecule has 0 radical (unpaired) electrons. The van der Waals surface area contributed by atoms with Crippen LogP contribution in [-0.2, 0) is 14.8 Å². The molecule has 1 aliphatic rings. The van der Waals surface area contributed by atoms with E-state index in [9.17, 15) is 17.6 Å². The highest BCUT2D eigenvalue weighted by molar-refractivity contribution is 7.89. The minimum absolute atomic E-state index is 0.0637. The van der Waals surface area contributed by atoms with E-state index in [4.69, 9.17) is 4.74 Å². The van der Waals surface area contributed by atoms with Crippen LogP contribution in [0.25, 0.3) is 0 Å². The number of allylic oxidation sites excluding steroid dienone is 1. The average Bonchev–Trinajstić information content (AvgIpc) is 2.79. The molecule has 0 saturated heterocycles. The lowest BCUT2D eigenvalue weighted by Crippen LogP contribution is -2.34. The van der Waals surface area contributed by atoms with Gasteiger partial charge in [0, 0.05) is 13.0 Å². The number of hydrogen-bond acceptors (Lipinski definition) is 4. The van der Waals surface area contributed by atoms with E-state index in [1.54, 1.807) is 31.4 Å². The molecule has 8 heteroatoms. The highest BCUT2D eigenvalue weighted by Gasteiger charge is 2.24. The third kappa shape index (κ3) is 6.90. The first-order valence-corrected chi connectivity index (χ1v) is 12.2. The molecule has 1 aliphatic carbocycles. The zero-order valence-corrected chi connectivity index (χ0v) is 19.0. The Bertz CT molecular complexity index is 1030. The third-order valence-corrected chi connectivity index (χ3v) is 6.97. The number of methoxy groups -OCH3 is 1. The molecular weight excluding hydrogens is 431 g/mol. The molecule has 172 valence electrons. The van der Waals surface area contributed by atoms with E-state index in [1.165, 1.54) is 30.5 Å². The van der Waals surface area contributed by atoms with Gasteiger partial charge in [0.2, 0.25) is 15.9 Å². The third-order valence-electron chi connectivity index (χ3n) is 5.48. The number of carbonyl (C=O) groups is 1. The van der Waals surface area contributed by atoms with Crippen LogP contribution >= 0.6 is 0 Å². The van der Waals surface area contributed by atoms with Crippen molar-refractivity contribution in [1.82, 2.24) is 10.0 Å². The summed E-state index contributed by atoms with van der Waals surface area (Å²) in [6.45, 7) is 0.519. The lowest BCUT2D eigenvalue weighted by atomic mass is 9.97. The molecule has 2 aromatic carbocycles. The summed E-state index contributed by atoms with van der Waals surface area (Å²) < 4.78 is 46.7. The highest BCUT2D eigenvalue weighted by atomic mass is 32.2. The first-order valence-electron chi connectivity index (χ1n) is 10.7. The van der Waals surface area contributed by atoms with Gasteiger partial charge < -0.3 is 10.1 Å². The lowest BCUT2D eigenvalue weighted by molar-refractivity contribution is -0.121. The molecule has 2 aromatic rings. The van der Waals surface area contributed by atoms with Crippen LogP contribution in [0.2, 0.25) is 0 Å². The van der Waals surface area contributed by atoms with Gasteiger partial charge in [-0.05, 0) is 74.1 Å². The van der Waals surface area contributed by atoms with Gasteiger partial charge in [-0.3, -0.25) is 4.79 Å². The molecule has 2 N–H and O–H groups in total. The van der Waals surface area contributed by atoms with Gasteiger partial charge in [-0.2, -0.15) is 0 Å². The van der Waals surface area contributed by atoms with Crippen LogP contribution in [0.3, 0.4) is 0 Å². The molecule has 0 saturated carbocycles. The van der Waals surface area contributed by atoms with E-state index in [-0.39, 0.29) is 17.2 Å². The molecule has 0 heterocycles. The second-order valence-corrected chi connectivity index (χ2v) is 9.53. The summed E-state index contributed by atoms with van der Waals surface area (Å²) in [5, 5.41) is 2.90. The molecule has 0 bridgehead atoms. The Morgan fingerprint density at radius 1 is 1.09 bits per heavy atom. The maximum Gasteiger partial charge on any atom is 0.241 e. The van der Waals surface area contributed by atoms with Gasteiger partial charge in [-0.1, -0.05) is 23.8 Å². The number of benzene rings is 2. The van der Waals surface area contributed by atoms with Crippen molar-refractivity contribution in [1.29, 1.82) is 0 Å². The van der Waals surface area contributed by atoms with Crippen molar-refractivity contribution in [3.63, 3.8) is 0 Å². The molecule has 1 unspecified atom stereocenters. The number of carbonyl (C=O) groups excluding carboxylic acids is 1. The largest absolute Gasteiger partial charge is 0.497 e. The predicted molar refractivity (Wildman–Crippen MR) is 121 cm³/mol. The van der Waals surface area contributed by atoms with Crippen molar-refractivity contribution in [2.45, 2.75) is 49.5 Å². The number of ether oxygens (including phenoxy) is 1. The van der Waals surface area contributed by atoms with E-state index in [0.29, 0.717) is 17.9 Å². The SMILES string of the molecule is COc1ccc(C(CC(=O)NCCC2=CCCCC2)NS(=O)(=O)c2ccc(F)cc2)cc1. The molecule has 6 nitrogen and oxygen atoms in total. The van der Waals surface area contributed by atoms with Gasteiger partial charge in [0.05, 0.1) is 18.0 Å². The summed E-state index contributed by atoms with van der Waals surface area (Å²) in [7, 11) is -2.42. The fourth-order valence-electron chi connectivity index (χ4n) is 3.68. The van der Waals surface area contributed by atoms with Gasteiger partial charge in [0.25, 0.3) is 0 Å². The minimum atomic E-state index is -3.96. The van der Waals surface area contributed by atoms with Crippen LogP contribution < -0.4 is 14.8 Å². The van der Waals surface area contributed by atoms with Crippen molar-refractivity contribution in [2.24, 2.45) is 0 Å². The maximum absolute atomic E-state index is 13.2. The number of halogens is 1. The first-order chi connectivity index (χ1) is 15.4. The van der Waals surface area contributed by atoms with Crippen LogP contribution in [0.4, 0.5) is 4.39 Å². The summed E-state index contributed by atoms with van der Waals surface area (Å²) in [6, 6.07) is 10.6. The molecule has 0 fully saturated rings. The smallest absolute Gasteiger partial charge is 0.241 e. The Kier molecular flexibility index (Phi) is 8.41. The monoisotopic (exact) mass is 460 g/mol. The fraction of sp³-hybridized carbons (Fsp3) is 0.375. The van der Waals surface area contributed by atoms with Crippen molar-refractivity contribution < 1.29 is 22.3 Å². The molecule has 1 atom stereocenters. The van der Waals surface area contributed by atoms with Gasteiger partial charge in [0.1, 0.15) is 11.6 Å². The Hall–Kier alpha value is -2.71. The van der Waals surface area contributed by atoms with Crippen LogP contribution in [-0.4, -0.2) is 28.0 Å². The summed E-state index contributed by atoms with van der Waals surface area (Å²) in [5.41, 5.74) is 1.99. The van der Waals surface area contributed by atoms with E-state index in [2.05, 4.69) is 16.1 Å². The van der Waals surface area contributed by atoms with Crippen molar-refractivity contribution in [3.8, 4) is 5.75 Å². The van der Waals surface area contributed by atoms with Crippen LogP contribution in [0.1, 0.15) is 50.1 Å². The number of nitrogens with one attached hydrogen (secondary N) is 2. The topological polar surface area (TPSA) is 84.5 Å². The predicted octanol–water partition coefficient (Wildman–Crippen LogP) is 4.25. The lowest BCUT2D eigenvalue weighted by Gasteiger charge is -2.20. The molecular formula is C24H29FN2O4S. The van der Waals surface area contributed by atoms with E-state index in [1.807, 2.05) is 0 Å².